The second-order valence-corrected chi connectivity index (χ2v) is 10.9. The highest BCUT2D eigenvalue weighted by Crippen LogP contribution is 2.38. The molecule has 1 saturated heterocycles. The van der Waals surface area contributed by atoms with Crippen molar-refractivity contribution in [3.05, 3.63) is 41.8 Å². The Hall–Kier alpha value is -2.98. The molecule has 4 rings (SSSR count). The first-order chi connectivity index (χ1) is 16.4. The topological polar surface area (TPSA) is 87.2 Å². The molecule has 0 bridgehead atoms. The van der Waals surface area contributed by atoms with Crippen LogP contribution in [0.2, 0.25) is 0 Å². The number of thiazole rings is 1. The zero-order valence-electron chi connectivity index (χ0n) is 19.6. The average molecular weight is 505 g/mol. The molecule has 1 aliphatic rings. The second kappa shape index (κ2) is 10.1. The summed E-state index contributed by atoms with van der Waals surface area (Å²) in [5, 5.41) is 2.38. The number of methoxy groups -OCH3 is 4. The zero-order valence-corrected chi connectivity index (χ0v) is 21.2. The lowest BCUT2D eigenvalue weighted by Gasteiger charge is -2.31. The molecule has 2 aromatic carbocycles. The highest BCUT2D eigenvalue weighted by molar-refractivity contribution is 7.92. The molecular formula is C24H28N2O6S2. The third kappa shape index (κ3) is 4.65. The fourth-order valence-electron chi connectivity index (χ4n) is 4.09. The van der Waals surface area contributed by atoms with Crippen LogP contribution in [0.5, 0.6) is 23.0 Å². The van der Waals surface area contributed by atoms with Crippen LogP contribution in [0.4, 0.5) is 5.13 Å². The van der Waals surface area contributed by atoms with E-state index in [2.05, 4.69) is 4.90 Å². The van der Waals surface area contributed by atoms with E-state index in [0.717, 1.165) is 16.4 Å². The molecule has 34 heavy (non-hydrogen) atoms. The molecule has 0 spiro atoms. The van der Waals surface area contributed by atoms with Crippen LogP contribution >= 0.6 is 11.3 Å². The van der Waals surface area contributed by atoms with Crippen molar-refractivity contribution >= 4 is 26.3 Å². The van der Waals surface area contributed by atoms with Gasteiger partial charge in [-0.15, -0.1) is 11.3 Å². The third-order valence-electron chi connectivity index (χ3n) is 6.01. The molecule has 8 nitrogen and oxygen atoms in total. The minimum Gasteiger partial charge on any atom is -0.497 e. The Kier molecular flexibility index (Phi) is 7.18. The minimum atomic E-state index is -3.54. The van der Waals surface area contributed by atoms with E-state index in [9.17, 15) is 8.42 Å². The standard InChI is InChI=1S/C24H28N2O6S2/c1-29-16-5-7-19(21(13-16)31-3)20-15-33-24(25-20)26-11-9-18(10-12-26)34(27,28)23-8-6-17(30-2)14-22(23)32-4/h5-8,13-15,18H,9-12H2,1-4H3. The molecule has 0 saturated carbocycles. The molecule has 1 fully saturated rings. The van der Waals surface area contributed by atoms with Gasteiger partial charge in [-0.2, -0.15) is 0 Å². The number of hydrogen-bond donors (Lipinski definition) is 0. The van der Waals surface area contributed by atoms with E-state index in [1.807, 2.05) is 23.6 Å². The van der Waals surface area contributed by atoms with Crippen LogP contribution in [0.25, 0.3) is 11.3 Å². The molecule has 0 N–H and O–H groups in total. The first kappa shape index (κ1) is 24.2. The molecule has 0 aliphatic carbocycles. The van der Waals surface area contributed by atoms with Crippen LogP contribution < -0.4 is 23.8 Å². The molecule has 1 aromatic heterocycles. The van der Waals surface area contributed by atoms with Gasteiger partial charge in [-0.1, -0.05) is 0 Å². The number of benzene rings is 2. The summed E-state index contributed by atoms with van der Waals surface area (Å²) in [7, 11) is 2.69. The number of sulfone groups is 1. The van der Waals surface area contributed by atoms with Gasteiger partial charge < -0.3 is 23.8 Å². The zero-order chi connectivity index (χ0) is 24.3. The summed E-state index contributed by atoms with van der Waals surface area (Å²) in [6.45, 7) is 1.21. The fraction of sp³-hybridized carbons (Fsp3) is 0.375. The van der Waals surface area contributed by atoms with Crippen molar-refractivity contribution in [1.82, 2.24) is 4.98 Å². The summed E-state index contributed by atoms with van der Waals surface area (Å²) in [6.07, 6.45) is 1.02. The summed E-state index contributed by atoms with van der Waals surface area (Å²) in [5.41, 5.74) is 1.70. The van der Waals surface area contributed by atoms with Gasteiger partial charge in [0.25, 0.3) is 0 Å². The van der Waals surface area contributed by atoms with Crippen LogP contribution in [-0.4, -0.2) is 60.2 Å². The van der Waals surface area contributed by atoms with E-state index in [1.54, 1.807) is 32.4 Å². The van der Waals surface area contributed by atoms with E-state index >= 15 is 0 Å². The Labute approximate surface area is 204 Å². The maximum absolute atomic E-state index is 13.3. The summed E-state index contributed by atoms with van der Waals surface area (Å²) in [4.78, 5) is 7.15. The Bertz CT molecular complexity index is 1250. The van der Waals surface area contributed by atoms with Crippen molar-refractivity contribution in [2.75, 3.05) is 46.4 Å². The van der Waals surface area contributed by atoms with Crippen molar-refractivity contribution in [3.63, 3.8) is 0 Å². The summed E-state index contributed by atoms with van der Waals surface area (Å²) in [5.74, 6) is 2.26. The molecule has 3 aromatic rings. The van der Waals surface area contributed by atoms with Gasteiger partial charge in [0.05, 0.1) is 39.4 Å². The predicted molar refractivity (Wildman–Crippen MR) is 133 cm³/mol. The van der Waals surface area contributed by atoms with Crippen molar-refractivity contribution in [2.24, 2.45) is 0 Å². The number of aromatic nitrogens is 1. The van der Waals surface area contributed by atoms with Gasteiger partial charge in [0, 0.05) is 36.2 Å². The number of hydrogen-bond acceptors (Lipinski definition) is 9. The van der Waals surface area contributed by atoms with Gasteiger partial charge >= 0.3 is 0 Å². The van der Waals surface area contributed by atoms with Gasteiger partial charge in [-0.25, -0.2) is 13.4 Å². The molecule has 0 amide bonds. The number of ether oxygens (including phenoxy) is 4. The molecule has 2 heterocycles. The summed E-state index contributed by atoms with van der Waals surface area (Å²) >= 11 is 1.54. The third-order valence-corrected chi connectivity index (χ3v) is 9.21. The van der Waals surface area contributed by atoms with Crippen molar-refractivity contribution in [3.8, 4) is 34.3 Å². The normalized spacial score (nSPS) is 14.6. The lowest BCUT2D eigenvalue weighted by atomic mass is 10.1. The maximum Gasteiger partial charge on any atom is 0.185 e. The molecule has 182 valence electrons. The van der Waals surface area contributed by atoms with E-state index in [-0.39, 0.29) is 4.90 Å². The number of piperidine rings is 1. The Morgan fingerprint density at radius 1 is 0.882 bits per heavy atom. The van der Waals surface area contributed by atoms with Crippen LogP contribution in [0.15, 0.2) is 46.7 Å². The molecule has 0 atom stereocenters. The number of rotatable bonds is 8. The second-order valence-electron chi connectivity index (χ2n) is 7.83. The molecule has 1 aliphatic heterocycles. The first-order valence-electron chi connectivity index (χ1n) is 10.8. The highest BCUT2D eigenvalue weighted by atomic mass is 32.2. The Morgan fingerprint density at radius 3 is 2.12 bits per heavy atom. The van der Waals surface area contributed by atoms with Gasteiger partial charge in [0.2, 0.25) is 0 Å². The molecular weight excluding hydrogens is 476 g/mol. The minimum absolute atomic E-state index is 0.206. The van der Waals surface area contributed by atoms with Gasteiger partial charge in [0.1, 0.15) is 27.9 Å². The van der Waals surface area contributed by atoms with Gasteiger partial charge in [0.15, 0.2) is 15.0 Å². The predicted octanol–water partition coefficient (Wildman–Crippen LogP) is 4.29. The van der Waals surface area contributed by atoms with Crippen LogP contribution in [-0.2, 0) is 9.84 Å². The molecule has 0 unspecified atom stereocenters. The van der Waals surface area contributed by atoms with Crippen molar-refractivity contribution < 1.29 is 27.4 Å². The smallest absolute Gasteiger partial charge is 0.185 e. The van der Waals surface area contributed by atoms with Crippen molar-refractivity contribution in [1.29, 1.82) is 0 Å². The van der Waals surface area contributed by atoms with Gasteiger partial charge in [-0.3, -0.25) is 0 Å². The fourth-order valence-corrected chi connectivity index (χ4v) is 6.84. The number of anilines is 1. The Balaban J connectivity index is 1.48. The Morgan fingerprint density at radius 2 is 1.50 bits per heavy atom. The first-order valence-corrected chi connectivity index (χ1v) is 13.2. The van der Waals surface area contributed by atoms with E-state index in [4.69, 9.17) is 23.9 Å². The van der Waals surface area contributed by atoms with E-state index < -0.39 is 15.1 Å². The molecule has 0 radical (unpaired) electrons. The molecule has 10 heteroatoms. The van der Waals surface area contributed by atoms with E-state index in [0.29, 0.717) is 48.9 Å². The summed E-state index contributed by atoms with van der Waals surface area (Å²) < 4.78 is 48.0. The van der Waals surface area contributed by atoms with Crippen LogP contribution in [0, 0.1) is 0 Å². The van der Waals surface area contributed by atoms with E-state index in [1.165, 1.54) is 25.6 Å². The van der Waals surface area contributed by atoms with Crippen LogP contribution in [0.1, 0.15) is 12.8 Å². The van der Waals surface area contributed by atoms with Gasteiger partial charge in [-0.05, 0) is 37.1 Å². The highest BCUT2D eigenvalue weighted by Gasteiger charge is 2.34. The van der Waals surface area contributed by atoms with Crippen LogP contribution in [0.3, 0.4) is 0 Å². The number of nitrogens with zero attached hydrogens (tertiary/aromatic N) is 2. The lowest BCUT2D eigenvalue weighted by Crippen LogP contribution is -2.39. The maximum atomic E-state index is 13.3. The largest absolute Gasteiger partial charge is 0.497 e. The SMILES string of the molecule is COc1ccc(-c2csc(N3CCC(S(=O)(=O)c4ccc(OC)cc4OC)CC3)n2)c(OC)c1. The monoisotopic (exact) mass is 504 g/mol. The average Bonchev–Trinajstić information content (AvgIpc) is 3.38. The van der Waals surface area contributed by atoms with Crippen molar-refractivity contribution in [2.45, 2.75) is 23.0 Å². The lowest BCUT2D eigenvalue weighted by molar-refractivity contribution is 0.385. The quantitative estimate of drug-likeness (QED) is 0.449. The summed E-state index contributed by atoms with van der Waals surface area (Å²) in [6, 6.07) is 10.5.